The standard InChI is InChI=1S/C16H30N4O3/c1-2-7-18-15(21)11-20-8-5-12(6-9-20)19-16(22)14-4-3-13(10-17)23-14/h12-14H,2-11,17H2,1H3,(H,18,21)(H,19,22)/t13-,14+/m1/s1. The molecule has 2 aliphatic rings. The van der Waals surface area contributed by atoms with E-state index in [1.165, 1.54) is 0 Å². The summed E-state index contributed by atoms with van der Waals surface area (Å²) in [6.45, 7) is 5.37. The molecule has 0 aromatic rings. The molecule has 7 heteroatoms. The highest BCUT2D eigenvalue weighted by Crippen LogP contribution is 2.19. The van der Waals surface area contributed by atoms with Crippen molar-refractivity contribution in [3.63, 3.8) is 0 Å². The van der Waals surface area contributed by atoms with Gasteiger partial charge >= 0.3 is 0 Å². The summed E-state index contributed by atoms with van der Waals surface area (Å²) in [5, 5.41) is 5.97. The van der Waals surface area contributed by atoms with Crippen LogP contribution in [0, 0.1) is 0 Å². The molecule has 2 rings (SSSR count). The smallest absolute Gasteiger partial charge is 0.249 e. The molecule has 2 fully saturated rings. The Hall–Kier alpha value is -1.18. The zero-order valence-electron chi connectivity index (χ0n) is 14.1. The van der Waals surface area contributed by atoms with Crippen LogP contribution in [0.4, 0.5) is 0 Å². The number of piperidine rings is 1. The van der Waals surface area contributed by atoms with Crippen molar-refractivity contribution in [3.8, 4) is 0 Å². The van der Waals surface area contributed by atoms with Crippen LogP contribution in [0.3, 0.4) is 0 Å². The number of nitrogens with two attached hydrogens (primary N) is 1. The lowest BCUT2D eigenvalue weighted by Crippen LogP contribution is -2.49. The van der Waals surface area contributed by atoms with Crippen molar-refractivity contribution in [1.82, 2.24) is 15.5 Å². The van der Waals surface area contributed by atoms with E-state index in [0.29, 0.717) is 13.1 Å². The predicted molar refractivity (Wildman–Crippen MR) is 87.9 cm³/mol. The molecular formula is C16H30N4O3. The Bertz CT molecular complexity index is 397. The summed E-state index contributed by atoms with van der Waals surface area (Å²) in [5.41, 5.74) is 5.57. The molecule has 0 aromatic heterocycles. The summed E-state index contributed by atoms with van der Waals surface area (Å²) in [6, 6.07) is 0.179. The topological polar surface area (TPSA) is 96.7 Å². The van der Waals surface area contributed by atoms with Gasteiger partial charge in [-0.25, -0.2) is 0 Å². The number of ether oxygens (including phenoxy) is 1. The number of nitrogens with one attached hydrogen (secondary N) is 2. The number of rotatable bonds is 7. The van der Waals surface area contributed by atoms with Crippen LogP contribution in [0.5, 0.6) is 0 Å². The van der Waals surface area contributed by atoms with Crippen molar-refractivity contribution in [1.29, 1.82) is 0 Å². The van der Waals surface area contributed by atoms with Gasteiger partial charge in [-0.2, -0.15) is 0 Å². The van der Waals surface area contributed by atoms with Crippen molar-refractivity contribution in [3.05, 3.63) is 0 Å². The molecule has 2 atom stereocenters. The molecule has 0 saturated carbocycles. The Morgan fingerprint density at radius 3 is 2.57 bits per heavy atom. The molecule has 0 spiro atoms. The van der Waals surface area contributed by atoms with Crippen LogP contribution >= 0.6 is 0 Å². The van der Waals surface area contributed by atoms with Crippen molar-refractivity contribution in [2.75, 3.05) is 32.7 Å². The lowest BCUT2D eigenvalue weighted by Gasteiger charge is -2.32. The predicted octanol–water partition coefficient (Wildman–Crippen LogP) is -0.400. The largest absolute Gasteiger partial charge is 0.364 e. The van der Waals surface area contributed by atoms with E-state index in [4.69, 9.17) is 10.5 Å². The van der Waals surface area contributed by atoms with Crippen LogP contribution in [0.2, 0.25) is 0 Å². The number of likely N-dealkylation sites (tertiary alicyclic amines) is 1. The van der Waals surface area contributed by atoms with Gasteiger partial charge in [0.05, 0.1) is 12.6 Å². The molecule has 0 radical (unpaired) electrons. The lowest BCUT2D eigenvalue weighted by atomic mass is 10.0. The third kappa shape index (κ3) is 5.75. The van der Waals surface area contributed by atoms with E-state index in [1.54, 1.807) is 0 Å². The van der Waals surface area contributed by atoms with Crippen LogP contribution in [0.1, 0.15) is 39.0 Å². The summed E-state index contributed by atoms with van der Waals surface area (Å²) in [5.74, 6) is 0.0709. The zero-order chi connectivity index (χ0) is 16.7. The number of hydrogen-bond acceptors (Lipinski definition) is 5. The molecule has 4 N–H and O–H groups in total. The molecule has 2 heterocycles. The summed E-state index contributed by atoms with van der Waals surface area (Å²) in [7, 11) is 0. The monoisotopic (exact) mass is 326 g/mol. The lowest BCUT2D eigenvalue weighted by molar-refractivity contribution is -0.133. The minimum atomic E-state index is -0.346. The normalized spacial score (nSPS) is 26.2. The van der Waals surface area contributed by atoms with E-state index < -0.39 is 0 Å². The van der Waals surface area contributed by atoms with E-state index in [-0.39, 0.29) is 30.1 Å². The fourth-order valence-electron chi connectivity index (χ4n) is 3.12. The van der Waals surface area contributed by atoms with Gasteiger partial charge in [0.25, 0.3) is 0 Å². The van der Waals surface area contributed by atoms with Gasteiger partial charge < -0.3 is 21.1 Å². The van der Waals surface area contributed by atoms with E-state index in [1.807, 2.05) is 6.92 Å². The van der Waals surface area contributed by atoms with Gasteiger partial charge in [0, 0.05) is 32.2 Å². The highest BCUT2D eigenvalue weighted by molar-refractivity contribution is 5.81. The van der Waals surface area contributed by atoms with Gasteiger partial charge in [0.15, 0.2) is 0 Å². The number of carbonyl (C=O) groups is 2. The van der Waals surface area contributed by atoms with E-state index in [0.717, 1.165) is 51.7 Å². The first-order valence-electron chi connectivity index (χ1n) is 8.77. The van der Waals surface area contributed by atoms with Crippen LogP contribution in [0.25, 0.3) is 0 Å². The average molecular weight is 326 g/mol. The molecule has 132 valence electrons. The molecule has 0 aromatic carbocycles. The molecule has 2 saturated heterocycles. The van der Waals surface area contributed by atoms with Crippen molar-refractivity contribution >= 4 is 11.8 Å². The summed E-state index contributed by atoms with van der Waals surface area (Å²) < 4.78 is 5.62. The van der Waals surface area contributed by atoms with Crippen LogP contribution in [0.15, 0.2) is 0 Å². The SMILES string of the molecule is CCCNC(=O)CN1CCC(NC(=O)[C@@H]2CC[C@H](CN)O2)CC1. The Labute approximate surface area is 138 Å². The molecule has 2 aliphatic heterocycles. The maximum Gasteiger partial charge on any atom is 0.249 e. The van der Waals surface area contributed by atoms with Gasteiger partial charge in [0.2, 0.25) is 11.8 Å². The highest BCUT2D eigenvalue weighted by Gasteiger charge is 2.31. The molecule has 23 heavy (non-hydrogen) atoms. The van der Waals surface area contributed by atoms with Crippen molar-refractivity contribution in [2.24, 2.45) is 5.73 Å². The fourth-order valence-corrected chi connectivity index (χ4v) is 3.12. The second kappa shape index (κ2) is 9.20. The quantitative estimate of drug-likeness (QED) is 0.591. The molecule has 7 nitrogen and oxygen atoms in total. The molecular weight excluding hydrogens is 296 g/mol. The minimum absolute atomic E-state index is 0.0138. The number of carbonyl (C=O) groups excluding carboxylic acids is 2. The van der Waals surface area contributed by atoms with Crippen molar-refractivity contribution < 1.29 is 14.3 Å². The van der Waals surface area contributed by atoms with Crippen LogP contribution in [-0.4, -0.2) is 67.7 Å². The van der Waals surface area contributed by atoms with Gasteiger partial charge in [-0.1, -0.05) is 6.92 Å². The minimum Gasteiger partial charge on any atom is -0.364 e. The highest BCUT2D eigenvalue weighted by atomic mass is 16.5. The number of amides is 2. The molecule has 0 aliphatic carbocycles. The van der Waals surface area contributed by atoms with Gasteiger partial charge in [-0.3, -0.25) is 14.5 Å². The maximum atomic E-state index is 12.2. The van der Waals surface area contributed by atoms with Gasteiger partial charge in [-0.05, 0) is 32.1 Å². The first kappa shape index (κ1) is 18.2. The number of nitrogens with zero attached hydrogens (tertiary/aromatic N) is 1. The molecule has 2 amide bonds. The van der Waals surface area contributed by atoms with Gasteiger partial charge in [-0.15, -0.1) is 0 Å². The Kier molecular flexibility index (Phi) is 7.26. The summed E-state index contributed by atoms with van der Waals surface area (Å²) >= 11 is 0. The Morgan fingerprint density at radius 2 is 1.96 bits per heavy atom. The second-order valence-electron chi connectivity index (χ2n) is 6.47. The van der Waals surface area contributed by atoms with Crippen molar-refractivity contribution in [2.45, 2.75) is 57.3 Å². The Balaban J connectivity index is 1.64. The molecule has 0 unspecified atom stereocenters. The first-order valence-corrected chi connectivity index (χ1v) is 8.77. The average Bonchev–Trinajstić information content (AvgIpc) is 3.04. The summed E-state index contributed by atoms with van der Waals surface area (Å²) in [4.78, 5) is 26.1. The van der Waals surface area contributed by atoms with E-state index >= 15 is 0 Å². The van der Waals surface area contributed by atoms with E-state index in [2.05, 4.69) is 15.5 Å². The first-order chi connectivity index (χ1) is 11.1. The maximum absolute atomic E-state index is 12.2. The van der Waals surface area contributed by atoms with Crippen LogP contribution in [-0.2, 0) is 14.3 Å². The number of hydrogen-bond donors (Lipinski definition) is 3. The Morgan fingerprint density at radius 1 is 1.22 bits per heavy atom. The fraction of sp³-hybridized carbons (Fsp3) is 0.875. The third-order valence-corrected chi connectivity index (χ3v) is 4.54. The zero-order valence-corrected chi connectivity index (χ0v) is 14.1. The molecule has 0 bridgehead atoms. The second-order valence-corrected chi connectivity index (χ2v) is 6.47. The third-order valence-electron chi connectivity index (χ3n) is 4.54. The van der Waals surface area contributed by atoms with Crippen LogP contribution < -0.4 is 16.4 Å². The van der Waals surface area contributed by atoms with Gasteiger partial charge in [0.1, 0.15) is 6.10 Å². The van der Waals surface area contributed by atoms with E-state index in [9.17, 15) is 9.59 Å². The summed E-state index contributed by atoms with van der Waals surface area (Å²) in [6.07, 6.45) is 3.99.